The molecule has 3 heterocycles. The van der Waals surface area contributed by atoms with Gasteiger partial charge in [0.05, 0.1) is 18.4 Å². The standard InChI is InChI=1S/C15H19N5O3/c1-5-12-11(9(2)23-18-12)8-20-13(21)15(3,17-14(20)22)10-6-16-19(4)7-10/h6-7H,5,8H2,1-4H3,(H,17,22)/t15-/m1/s1. The van der Waals surface area contributed by atoms with Gasteiger partial charge in [-0.2, -0.15) is 5.10 Å². The molecule has 0 unspecified atom stereocenters. The predicted molar refractivity (Wildman–Crippen MR) is 80.3 cm³/mol. The van der Waals surface area contributed by atoms with E-state index in [0.29, 0.717) is 17.7 Å². The third-order valence-corrected chi connectivity index (χ3v) is 4.27. The van der Waals surface area contributed by atoms with E-state index < -0.39 is 11.6 Å². The number of rotatable bonds is 4. The molecule has 8 nitrogen and oxygen atoms in total. The van der Waals surface area contributed by atoms with Crippen molar-refractivity contribution in [1.82, 2.24) is 25.2 Å². The Bertz CT molecular complexity index is 778. The minimum Gasteiger partial charge on any atom is -0.361 e. The van der Waals surface area contributed by atoms with Gasteiger partial charge in [-0.05, 0) is 20.3 Å². The highest BCUT2D eigenvalue weighted by Crippen LogP contribution is 2.30. The number of nitrogens with zero attached hydrogens (tertiary/aromatic N) is 4. The Morgan fingerprint density at radius 3 is 2.74 bits per heavy atom. The Balaban J connectivity index is 1.91. The maximum absolute atomic E-state index is 12.8. The number of nitrogens with one attached hydrogen (secondary N) is 1. The Kier molecular flexibility index (Phi) is 3.46. The molecule has 8 heteroatoms. The van der Waals surface area contributed by atoms with Crippen molar-refractivity contribution < 1.29 is 14.1 Å². The fourth-order valence-corrected chi connectivity index (χ4v) is 2.79. The molecule has 0 aromatic carbocycles. The number of amides is 3. The number of aryl methyl sites for hydroxylation is 3. The van der Waals surface area contributed by atoms with Gasteiger partial charge in [-0.3, -0.25) is 14.4 Å². The third kappa shape index (κ3) is 2.30. The van der Waals surface area contributed by atoms with Gasteiger partial charge in [0, 0.05) is 24.4 Å². The van der Waals surface area contributed by atoms with Crippen LogP contribution in [0.2, 0.25) is 0 Å². The van der Waals surface area contributed by atoms with Crippen LogP contribution in [0, 0.1) is 6.92 Å². The Hall–Kier alpha value is -2.64. The van der Waals surface area contributed by atoms with Gasteiger partial charge in [0.15, 0.2) is 0 Å². The number of carbonyl (C=O) groups is 2. The molecule has 1 atom stereocenters. The van der Waals surface area contributed by atoms with Crippen LogP contribution in [0.15, 0.2) is 16.9 Å². The lowest BCUT2D eigenvalue weighted by Gasteiger charge is -2.20. The van der Waals surface area contributed by atoms with E-state index in [1.807, 2.05) is 6.92 Å². The van der Waals surface area contributed by atoms with E-state index in [1.165, 1.54) is 4.90 Å². The number of aromatic nitrogens is 3. The summed E-state index contributed by atoms with van der Waals surface area (Å²) >= 11 is 0. The Labute approximate surface area is 133 Å². The van der Waals surface area contributed by atoms with E-state index >= 15 is 0 Å². The van der Waals surface area contributed by atoms with Crippen molar-refractivity contribution in [2.45, 2.75) is 39.3 Å². The summed E-state index contributed by atoms with van der Waals surface area (Å²) in [6.07, 6.45) is 3.99. The van der Waals surface area contributed by atoms with Crippen LogP contribution in [0.5, 0.6) is 0 Å². The fraction of sp³-hybridized carbons (Fsp3) is 0.467. The normalized spacial score (nSPS) is 21.1. The molecule has 1 saturated heterocycles. The highest BCUT2D eigenvalue weighted by atomic mass is 16.5. The molecule has 1 N–H and O–H groups in total. The van der Waals surface area contributed by atoms with Gasteiger partial charge in [0.1, 0.15) is 11.3 Å². The highest BCUT2D eigenvalue weighted by molar-refractivity contribution is 6.07. The second kappa shape index (κ2) is 5.22. The second-order valence-corrected chi connectivity index (χ2v) is 5.87. The lowest BCUT2D eigenvalue weighted by Crippen LogP contribution is -2.40. The molecule has 0 radical (unpaired) electrons. The van der Waals surface area contributed by atoms with Crippen LogP contribution in [0.25, 0.3) is 0 Å². The van der Waals surface area contributed by atoms with Crippen LogP contribution in [-0.4, -0.2) is 31.8 Å². The molecule has 0 spiro atoms. The van der Waals surface area contributed by atoms with E-state index in [1.54, 1.807) is 38.0 Å². The zero-order valence-electron chi connectivity index (χ0n) is 13.6. The molecular weight excluding hydrogens is 298 g/mol. The lowest BCUT2D eigenvalue weighted by atomic mass is 9.95. The summed E-state index contributed by atoms with van der Waals surface area (Å²) in [7, 11) is 1.76. The minimum atomic E-state index is -1.11. The van der Waals surface area contributed by atoms with Crippen molar-refractivity contribution >= 4 is 11.9 Å². The van der Waals surface area contributed by atoms with Crippen LogP contribution in [0.3, 0.4) is 0 Å². The van der Waals surface area contributed by atoms with Gasteiger partial charge in [-0.15, -0.1) is 0 Å². The number of hydrogen-bond donors (Lipinski definition) is 1. The zero-order valence-corrected chi connectivity index (χ0v) is 13.6. The molecule has 2 aromatic heterocycles. The zero-order chi connectivity index (χ0) is 16.8. The first-order chi connectivity index (χ1) is 10.9. The average Bonchev–Trinajstić information content (AvgIpc) is 3.15. The van der Waals surface area contributed by atoms with Crippen molar-refractivity contribution in [3.8, 4) is 0 Å². The first-order valence-corrected chi connectivity index (χ1v) is 7.44. The summed E-state index contributed by atoms with van der Waals surface area (Å²) < 4.78 is 6.77. The van der Waals surface area contributed by atoms with Crippen LogP contribution in [0.4, 0.5) is 4.79 Å². The molecule has 0 saturated carbocycles. The van der Waals surface area contributed by atoms with Gasteiger partial charge in [-0.25, -0.2) is 4.79 Å². The second-order valence-electron chi connectivity index (χ2n) is 5.87. The largest absolute Gasteiger partial charge is 0.361 e. The Morgan fingerprint density at radius 2 is 2.13 bits per heavy atom. The molecule has 1 fully saturated rings. The summed E-state index contributed by atoms with van der Waals surface area (Å²) in [5.41, 5.74) is 1.09. The summed E-state index contributed by atoms with van der Waals surface area (Å²) in [5.74, 6) is 0.315. The van der Waals surface area contributed by atoms with E-state index in [0.717, 1.165) is 11.3 Å². The molecule has 0 bridgehead atoms. The van der Waals surface area contributed by atoms with Crippen LogP contribution >= 0.6 is 0 Å². The fourth-order valence-electron chi connectivity index (χ4n) is 2.79. The Morgan fingerprint density at radius 1 is 1.39 bits per heavy atom. The maximum atomic E-state index is 12.8. The van der Waals surface area contributed by atoms with Gasteiger partial charge in [0.25, 0.3) is 5.91 Å². The molecule has 23 heavy (non-hydrogen) atoms. The van der Waals surface area contributed by atoms with E-state index in [-0.39, 0.29) is 12.5 Å². The smallest absolute Gasteiger partial charge is 0.325 e. The van der Waals surface area contributed by atoms with Gasteiger partial charge in [-0.1, -0.05) is 12.1 Å². The summed E-state index contributed by atoms with van der Waals surface area (Å²) in [6, 6.07) is -0.427. The van der Waals surface area contributed by atoms with Crippen LogP contribution < -0.4 is 5.32 Å². The SMILES string of the molecule is CCc1noc(C)c1CN1C(=O)N[C@](C)(c2cnn(C)c2)C1=O. The predicted octanol–water partition coefficient (Wildman–Crippen LogP) is 1.25. The number of carbonyl (C=O) groups excluding carboxylic acids is 2. The minimum absolute atomic E-state index is 0.152. The molecule has 2 aromatic rings. The number of hydrogen-bond acceptors (Lipinski definition) is 5. The summed E-state index contributed by atoms with van der Waals surface area (Å²) in [4.78, 5) is 26.4. The van der Waals surface area contributed by atoms with Gasteiger partial charge >= 0.3 is 6.03 Å². The van der Waals surface area contributed by atoms with Crippen LogP contribution in [-0.2, 0) is 30.3 Å². The number of imide groups is 1. The molecule has 1 aliphatic heterocycles. The third-order valence-electron chi connectivity index (χ3n) is 4.27. The average molecular weight is 317 g/mol. The monoisotopic (exact) mass is 317 g/mol. The summed E-state index contributed by atoms with van der Waals surface area (Å²) in [6.45, 7) is 5.57. The van der Waals surface area contributed by atoms with E-state index in [4.69, 9.17) is 4.52 Å². The quantitative estimate of drug-likeness (QED) is 0.857. The molecule has 0 aliphatic carbocycles. The van der Waals surface area contributed by atoms with Crippen LogP contribution in [0.1, 0.15) is 36.4 Å². The van der Waals surface area contributed by atoms with Crippen molar-refractivity contribution in [1.29, 1.82) is 0 Å². The number of urea groups is 1. The van der Waals surface area contributed by atoms with Crippen molar-refractivity contribution in [3.05, 3.63) is 35.0 Å². The first kappa shape index (κ1) is 15.3. The molecule has 3 amide bonds. The maximum Gasteiger partial charge on any atom is 0.325 e. The van der Waals surface area contributed by atoms with Gasteiger partial charge in [0.2, 0.25) is 0 Å². The van der Waals surface area contributed by atoms with Crippen molar-refractivity contribution in [2.75, 3.05) is 0 Å². The molecular formula is C15H19N5O3. The van der Waals surface area contributed by atoms with E-state index in [9.17, 15) is 9.59 Å². The van der Waals surface area contributed by atoms with Crippen molar-refractivity contribution in [3.63, 3.8) is 0 Å². The lowest BCUT2D eigenvalue weighted by molar-refractivity contribution is -0.131. The van der Waals surface area contributed by atoms with E-state index in [2.05, 4.69) is 15.6 Å². The molecule has 3 rings (SSSR count). The topological polar surface area (TPSA) is 93.3 Å². The highest BCUT2D eigenvalue weighted by Gasteiger charge is 2.49. The van der Waals surface area contributed by atoms with Crippen molar-refractivity contribution in [2.24, 2.45) is 7.05 Å². The summed E-state index contributed by atoms with van der Waals surface area (Å²) in [5, 5.41) is 10.8. The molecule has 122 valence electrons. The first-order valence-electron chi connectivity index (χ1n) is 7.44. The van der Waals surface area contributed by atoms with Gasteiger partial charge < -0.3 is 9.84 Å². The molecule has 1 aliphatic rings.